The summed E-state index contributed by atoms with van der Waals surface area (Å²) in [5.74, 6) is -2.60. The van der Waals surface area contributed by atoms with Crippen LogP contribution in [0.3, 0.4) is 0 Å². The van der Waals surface area contributed by atoms with Gasteiger partial charge in [-0.15, -0.1) is 11.3 Å². The van der Waals surface area contributed by atoms with E-state index >= 15 is 0 Å². The molecule has 8 heteroatoms. The summed E-state index contributed by atoms with van der Waals surface area (Å²) in [4.78, 5) is 24.9. The highest BCUT2D eigenvalue weighted by molar-refractivity contribution is 7.09. The van der Waals surface area contributed by atoms with Crippen LogP contribution in [0.5, 0.6) is 0 Å². The van der Waals surface area contributed by atoms with E-state index in [9.17, 15) is 18.4 Å². The SMILES string of the molecule is CC(NC(=O)C(F)F)c1nc(C(=O)O)cs1. The summed E-state index contributed by atoms with van der Waals surface area (Å²) in [6.07, 6.45) is -3.10. The van der Waals surface area contributed by atoms with E-state index in [1.807, 2.05) is 5.32 Å². The van der Waals surface area contributed by atoms with Gasteiger partial charge in [-0.25, -0.2) is 9.78 Å². The van der Waals surface area contributed by atoms with Crippen LogP contribution in [-0.4, -0.2) is 28.4 Å². The van der Waals surface area contributed by atoms with Crippen LogP contribution in [0.15, 0.2) is 5.38 Å². The number of alkyl halides is 2. The van der Waals surface area contributed by atoms with Gasteiger partial charge in [-0.1, -0.05) is 0 Å². The minimum Gasteiger partial charge on any atom is -0.476 e. The molecule has 1 heterocycles. The summed E-state index contributed by atoms with van der Waals surface area (Å²) in [6.45, 7) is 1.45. The predicted octanol–water partition coefficient (Wildman–Crippen LogP) is 1.28. The fraction of sp³-hybridized carbons (Fsp3) is 0.375. The van der Waals surface area contributed by atoms with E-state index in [1.54, 1.807) is 0 Å². The first-order valence-electron chi connectivity index (χ1n) is 4.19. The number of amides is 1. The van der Waals surface area contributed by atoms with Crippen LogP contribution in [0.4, 0.5) is 8.78 Å². The third-order valence-corrected chi connectivity index (χ3v) is 2.70. The standard InChI is InChI=1S/C8H8F2N2O3S/c1-3(11-6(13)5(9)10)7-12-4(2-16-7)8(14)15/h2-3,5H,1H3,(H,11,13)(H,14,15). The molecule has 1 atom stereocenters. The number of nitrogens with one attached hydrogen (secondary N) is 1. The van der Waals surface area contributed by atoms with Crippen molar-refractivity contribution in [1.29, 1.82) is 0 Å². The molecule has 1 unspecified atom stereocenters. The maximum Gasteiger partial charge on any atom is 0.355 e. The van der Waals surface area contributed by atoms with Gasteiger partial charge in [0.15, 0.2) is 5.69 Å². The molecule has 0 aliphatic carbocycles. The van der Waals surface area contributed by atoms with E-state index in [4.69, 9.17) is 5.11 Å². The van der Waals surface area contributed by atoms with Crippen LogP contribution < -0.4 is 5.32 Å². The van der Waals surface area contributed by atoms with Crippen molar-refractivity contribution in [2.24, 2.45) is 0 Å². The molecule has 0 saturated carbocycles. The lowest BCUT2D eigenvalue weighted by molar-refractivity contribution is -0.132. The molecule has 16 heavy (non-hydrogen) atoms. The molecule has 1 rings (SSSR count). The average Bonchev–Trinajstić information content (AvgIpc) is 2.65. The number of carboxylic acid groups (broad SMARTS) is 1. The van der Waals surface area contributed by atoms with Crippen LogP contribution in [0, 0.1) is 0 Å². The van der Waals surface area contributed by atoms with Gasteiger partial charge in [0.1, 0.15) is 5.01 Å². The number of carbonyl (C=O) groups excluding carboxylic acids is 1. The second-order valence-corrected chi connectivity index (χ2v) is 3.80. The second-order valence-electron chi connectivity index (χ2n) is 2.91. The van der Waals surface area contributed by atoms with Crippen molar-refractivity contribution < 1.29 is 23.5 Å². The zero-order valence-corrected chi connectivity index (χ0v) is 8.92. The Balaban J connectivity index is 2.69. The van der Waals surface area contributed by atoms with Gasteiger partial charge in [0.25, 0.3) is 5.91 Å². The number of halogens is 2. The molecule has 1 aromatic rings. The number of thiazole rings is 1. The molecular formula is C8H8F2N2O3S. The lowest BCUT2D eigenvalue weighted by Crippen LogP contribution is -2.31. The lowest BCUT2D eigenvalue weighted by atomic mass is 10.3. The molecule has 0 saturated heterocycles. The third-order valence-electron chi connectivity index (χ3n) is 1.67. The molecule has 88 valence electrons. The molecule has 1 amide bonds. The highest BCUT2D eigenvalue weighted by Gasteiger charge is 2.20. The van der Waals surface area contributed by atoms with E-state index in [0.29, 0.717) is 0 Å². The van der Waals surface area contributed by atoms with E-state index in [-0.39, 0.29) is 10.7 Å². The number of hydrogen-bond donors (Lipinski definition) is 2. The van der Waals surface area contributed by atoms with Gasteiger partial charge in [0, 0.05) is 5.38 Å². The molecule has 5 nitrogen and oxygen atoms in total. The van der Waals surface area contributed by atoms with Gasteiger partial charge in [-0.3, -0.25) is 4.79 Å². The minimum atomic E-state index is -3.10. The van der Waals surface area contributed by atoms with Gasteiger partial charge < -0.3 is 10.4 Å². The van der Waals surface area contributed by atoms with Crippen molar-refractivity contribution in [2.45, 2.75) is 19.4 Å². The number of carbonyl (C=O) groups is 2. The first-order valence-corrected chi connectivity index (χ1v) is 5.07. The lowest BCUT2D eigenvalue weighted by Gasteiger charge is -2.09. The summed E-state index contributed by atoms with van der Waals surface area (Å²) in [6, 6.07) is -0.736. The Morgan fingerprint density at radius 1 is 1.56 bits per heavy atom. The van der Waals surface area contributed by atoms with Crippen molar-refractivity contribution in [3.63, 3.8) is 0 Å². The Kier molecular flexibility index (Phi) is 3.88. The van der Waals surface area contributed by atoms with Gasteiger partial charge in [-0.2, -0.15) is 8.78 Å². The smallest absolute Gasteiger partial charge is 0.355 e. The van der Waals surface area contributed by atoms with Crippen LogP contribution in [0.1, 0.15) is 28.5 Å². The largest absolute Gasteiger partial charge is 0.476 e. The Morgan fingerprint density at radius 3 is 2.62 bits per heavy atom. The van der Waals surface area contributed by atoms with Gasteiger partial charge in [0.2, 0.25) is 0 Å². The first kappa shape index (κ1) is 12.5. The monoisotopic (exact) mass is 250 g/mol. The van der Waals surface area contributed by atoms with Crippen LogP contribution in [0.25, 0.3) is 0 Å². The van der Waals surface area contributed by atoms with E-state index in [0.717, 1.165) is 11.3 Å². The highest BCUT2D eigenvalue weighted by atomic mass is 32.1. The molecule has 2 N–H and O–H groups in total. The van der Waals surface area contributed by atoms with Crippen molar-refractivity contribution in [3.05, 3.63) is 16.1 Å². The second kappa shape index (κ2) is 4.97. The summed E-state index contributed by atoms with van der Waals surface area (Å²) < 4.78 is 23.8. The van der Waals surface area contributed by atoms with Crippen LogP contribution >= 0.6 is 11.3 Å². The molecule has 0 aliphatic heterocycles. The summed E-state index contributed by atoms with van der Waals surface area (Å²) in [7, 11) is 0. The Bertz CT molecular complexity index is 408. The van der Waals surface area contributed by atoms with Crippen molar-refractivity contribution in [2.75, 3.05) is 0 Å². The van der Waals surface area contributed by atoms with Crippen LogP contribution in [0.2, 0.25) is 0 Å². The van der Waals surface area contributed by atoms with E-state index in [1.165, 1.54) is 12.3 Å². The number of carboxylic acids is 1. The zero-order valence-electron chi connectivity index (χ0n) is 8.11. The molecule has 0 fully saturated rings. The fourth-order valence-corrected chi connectivity index (χ4v) is 1.72. The summed E-state index contributed by atoms with van der Waals surface area (Å²) in [5.41, 5.74) is -0.168. The number of hydrogen-bond acceptors (Lipinski definition) is 4. The van der Waals surface area contributed by atoms with Gasteiger partial charge in [0.05, 0.1) is 6.04 Å². The zero-order chi connectivity index (χ0) is 12.3. The number of nitrogens with zero attached hydrogens (tertiary/aromatic N) is 1. The quantitative estimate of drug-likeness (QED) is 0.843. The highest BCUT2D eigenvalue weighted by Crippen LogP contribution is 2.18. The van der Waals surface area contributed by atoms with E-state index < -0.39 is 24.3 Å². The van der Waals surface area contributed by atoms with Crippen molar-refractivity contribution >= 4 is 23.2 Å². The molecule has 0 aliphatic rings. The first-order chi connectivity index (χ1) is 7.41. The molecule has 0 spiro atoms. The van der Waals surface area contributed by atoms with Gasteiger partial charge in [-0.05, 0) is 6.92 Å². The molecule has 0 bridgehead atoms. The molecule has 0 aromatic carbocycles. The normalized spacial score (nSPS) is 12.5. The average molecular weight is 250 g/mol. The molecule has 1 aromatic heterocycles. The Morgan fingerprint density at radius 2 is 2.19 bits per heavy atom. The summed E-state index contributed by atoms with van der Waals surface area (Å²) in [5, 5.41) is 12.2. The maximum absolute atomic E-state index is 11.9. The third kappa shape index (κ3) is 2.96. The number of aromatic nitrogens is 1. The van der Waals surface area contributed by atoms with Crippen LogP contribution in [-0.2, 0) is 4.79 Å². The summed E-state index contributed by atoms with van der Waals surface area (Å²) >= 11 is 0.988. The van der Waals surface area contributed by atoms with Crippen molar-refractivity contribution in [1.82, 2.24) is 10.3 Å². The molecular weight excluding hydrogens is 242 g/mol. The van der Waals surface area contributed by atoms with E-state index in [2.05, 4.69) is 4.98 Å². The maximum atomic E-state index is 11.9. The Hall–Kier alpha value is -1.57. The predicted molar refractivity (Wildman–Crippen MR) is 51.6 cm³/mol. The number of rotatable bonds is 4. The molecule has 0 radical (unpaired) electrons. The number of aromatic carboxylic acids is 1. The van der Waals surface area contributed by atoms with Gasteiger partial charge >= 0.3 is 12.4 Å². The minimum absolute atomic E-state index is 0.168. The fourth-order valence-electron chi connectivity index (χ4n) is 0.923. The Labute approximate surface area is 93.1 Å². The topological polar surface area (TPSA) is 79.3 Å². The van der Waals surface area contributed by atoms with Crippen molar-refractivity contribution in [3.8, 4) is 0 Å².